The Bertz CT molecular complexity index is 926. The van der Waals surface area contributed by atoms with Gasteiger partial charge in [-0.2, -0.15) is 0 Å². The lowest BCUT2D eigenvalue weighted by Gasteiger charge is -2.06. The van der Waals surface area contributed by atoms with Crippen LogP contribution >= 0.6 is 11.3 Å². The minimum absolute atomic E-state index is 0.175. The molecule has 1 aromatic carbocycles. The Morgan fingerprint density at radius 3 is 2.68 bits per heavy atom. The van der Waals surface area contributed by atoms with Crippen LogP contribution in [0.15, 0.2) is 54.2 Å². The Morgan fingerprint density at radius 1 is 1.16 bits per heavy atom. The minimum Gasteiger partial charge on any atom is -0.264 e. The molecule has 3 aromatic rings. The van der Waals surface area contributed by atoms with Crippen LogP contribution in [-0.4, -0.2) is 24.9 Å². The molecule has 0 unspecified atom stereocenters. The number of hydrogen-bond acceptors (Lipinski definition) is 5. The molecule has 25 heavy (non-hydrogen) atoms. The van der Waals surface area contributed by atoms with E-state index in [4.69, 9.17) is 0 Å². The van der Waals surface area contributed by atoms with E-state index in [9.17, 15) is 12.8 Å². The summed E-state index contributed by atoms with van der Waals surface area (Å²) in [7, 11) is -3.47. The van der Waals surface area contributed by atoms with Gasteiger partial charge in [0, 0.05) is 36.3 Å². The number of halogens is 1. The van der Waals surface area contributed by atoms with Gasteiger partial charge < -0.3 is 0 Å². The zero-order chi connectivity index (χ0) is 17.7. The largest absolute Gasteiger partial charge is 0.264 e. The molecule has 2 heterocycles. The van der Waals surface area contributed by atoms with Gasteiger partial charge in [0.05, 0.1) is 16.5 Å². The van der Waals surface area contributed by atoms with Gasteiger partial charge in [0.1, 0.15) is 5.82 Å². The van der Waals surface area contributed by atoms with E-state index in [2.05, 4.69) is 14.7 Å². The first kappa shape index (κ1) is 17.7. The Kier molecular flexibility index (Phi) is 5.52. The molecule has 8 heteroatoms. The maximum atomic E-state index is 12.9. The lowest BCUT2D eigenvalue weighted by Crippen LogP contribution is -2.27. The molecule has 0 bridgehead atoms. The van der Waals surface area contributed by atoms with Crippen molar-refractivity contribution < 1.29 is 12.8 Å². The molecule has 0 aliphatic heterocycles. The predicted octanol–water partition coefficient (Wildman–Crippen LogP) is 3.01. The molecule has 0 aliphatic rings. The van der Waals surface area contributed by atoms with E-state index >= 15 is 0 Å². The fraction of sp³-hybridized carbons (Fsp3) is 0.176. The SMILES string of the molecule is O=S(=O)(Cc1ccc(F)cc1)NCCc1nc(-c2cccnc2)cs1. The van der Waals surface area contributed by atoms with Gasteiger partial charge in [-0.25, -0.2) is 22.5 Å². The van der Waals surface area contributed by atoms with Crippen LogP contribution in [0.3, 0.4) is 0 Å². The second kappa shape index (κ2) is 7.81. The van der Waals surface area contributed by atoms with Gasteiger partial charge in [0.25, 0.3) is 0 Å². The van der Waals surface area contributed by atoms with Gasteiger partial charge in [-0.15, -0.1) is 11.3 Å². The topological polar surface area (TPSA) is 72.0 Å². The van der Waals surface area contributed by atoms with Gasteiger partial charge in [-0.3, -0.25) is 4.98 Å². The molecule has 0 spiro atoms. The van der Waals surface area contributed by atoms with E-state index in [1.165, 1.54) is 35.6 Å². The van der Waals surface area contributed by atoms with Crippen LogP contribution in [0.4, 0.5) is 4.39 Å². The van der Waals surface area contributed by atoms with Crippen LogP contribution in [0.1, 0.15) is 10.6 Å². The van der Waals surface area contributed by atoms with Gasteiger partial charge >= 0.3 is 0 Å². The highest BCUT2D eigenvalue weighted by Crippen LogP contribution is 2.21. The van der Waals surface area contributed by atoms with Crippen molar-refractivity contribution in [2.45, 2.75) is 12.2 Å². The highest BCUT2D eigenvalue weighted by atomic mass is 32.2. The molecule has 0 radical (unpaired) electrons. The van der Waals surface area contributed by atoms with Gasteiger partial charge in [-0.1, -0.05) is 12.1 Å². The van der Waals surface area contributed by atoms with Crippen molar-refractivity contribution in [2.75, 3.05) is 6.54 Å². The highest BCUT2D eigenvalue weighted by Gasteiger charge is 2.12. The molecule has 130 valence electrons. The minimum atomic E-state index is -3.47. The molecule has 0 aliphatic carbocycles. The fourth-order valence-corrected chi connectivity index (χ4v) is 4.19. The van der Waals surface area contributed by atoms with Crippen molar-refractivity contribution in [3.05, 3.63) is 70.6 Å². The van der Waals surface area contributed by atoms with E-state index in [0.29, 0.717) is 12.0 Å². The van der Waals surface area contributed by atoms with Crippen LogP contribution in [0.2, 0.25) is 0 Å². The normalized spacial score (nSPS) is 11.6. The summed E-state index contributed by atoms with van der Waals surface area (Å²) in [5, 5.41) is 2.78. The number of thiazole rings is 1. The van der Waals surface area contributed by atoms with Crippen molar-refractivity contribution in [2.24, 2.45) is 0 Å². The summed E-state index contributed by atoms with van der Waals surface area (Å²) in [6, 6.07) is 9.21. The van der Waals surface area contributed by atoms with Gasteiger partial charge in [0.2, 0.25) is 10.0 Å². The molecule has 0 fully saturated rings. The Labute approximate surface area is 149 Å². The van der Waals surface area contributed by atoms with Crippen molar-refractivity contribution in [1.29, 1.82) is 0 Å². The third kappa shape index (κ3) is 5.15. The summed E-state index contributed by atoms with van der Waals surface area (Å²) < 4.78 is 39.6. The molecule has 2 aromatic heterocycles. The average molecular weight is 377 g/mol. The second-order valence-corrected chi connectivity index (χ2v) is 8.15. The molecule has 0 amide bonds. The fourth-order valence-electron chi connectivity index (χ4n) is 2.24. The molecular weight excluding hydrogens is 361 g/mol. The lowest BCUT2D eigenvalue weighted by atomic mass is 10.2. The first-order valence-corrected chi connectivity index (χ1v) is 10.1. The zero-order valence-corrected chi connectivity index (χ0v) is 14.9. The van der Waals surface area contributed by atoms with E-state index < -0.39 is 10.0 Å². The van der Waals surface area contributed by atoms with Crippen molar-refractivity contribution in [3.8, 4) is 11.3 Å². The van der Waals surface area contributed by atoms with Crippen LogP contribution in [0, 0.1) is 5.82 Å². The maximum absolute atomic E-state index is 12.9. The van der Waals surface area contributed by atoms with Gasteiger partial charge in [0.15, 0.2) is 0 Å². The summed E-state index contributed by atoms with van der Waals surface area (Å²) in [6.07, 6.45) is 3.95. The first-order chi connectivity index (χ1) is 12.0. The second-order valence-electron chi connectivity index (χ2n) is 5.40. The summed E-state index contributed by atoms with van der Waals surface area (Å²) in [5.74, 6) is -0.561. The number of nitrogens with zero attached hydrogens (tertiary/aromatic N) is 2. The van der Waals surface area contributed by atoms with Gasteiger partial charge in [-0.05, 0) is 29.8 Å². The first-order valence-electron chi connectivity index (χ1n) is 7.58. The molecular formula is C17H16FN3O2S2. The number of nitrogens with one attached hydrogen (secondary N) is 1. The summed E-state index contributed by atoms with van der Waals surface area (Å²) in [4.78, 5) is 8.56. The average Bonchev–Trinajstić information content (AvgIpc) is 3.06. The van der Waals surface area contributed by atoms with E-state index in [-0.39, 0.29) is 18.1 Å². The summed E-state index contributed by atoms with van der Waals surface area (Å²) in [5.41, 5.74) is 2.31. The van der Waals surface area contributed by atoms with Crippen molar-refractivity contribution in [3.63, 3.8) is 0 Å². The van der Waals surface area contributed by atoms with E-state index in [1.807, 2.05) is 17.5 Å². The molecule has 0 atom stereocenters. The predicted molar refractivity (Wildman–Crippen MR) is 96.1 cm³/mol. The van der Waals surface area contributed by atoms with E-state index in [0.717, 1.165) is 16.3 Å². The van der Waals surface area contributed by atoms with Crippen molar-refractivity contribution >= 4 is 21.4 Å². The third-order valence-electron chi connectivity index (χ3n) is 3.44. The maximum Gasteiger partial charge on any atom is 0.215 e. The number of rotatable bonds is 7. The molecule has 5 nitrogen and oxygen atoms in total. The number of benzene rings is 1. The van der Waals surface area contributed by atoms with E-state index in [1.54, 1.807) is 12.4 Å². The zero-order valence-electron chi connectivity index (χ0n) is 13.2. The highest BCUT2D eigenvalue weighted by molar-refractivity contribution is 7.88. The Morgan fingerprint density at radius 2 is 1.96 bits per heavy atom. The Hall–Kier alpha value is -2.16. The molecule has 1 N–H and O–H groups in total. The number of hydrogen-bond donors (Lipinski definition) is 1. The molecule has 0 saturated heterocycles. The summed E-state index contributed by atoms with van der Waals surface area (Å²) in [6.45, 7) is 0.267. The lowest BCUT2D eigenvalue weighted by molar-refractivity contribution is 0.580. The standard InChI is InChI=1S/C17H16FN3O2S2/c18-15-5-3-13(4-6-15)12-25(22,23)20-9-7-17-21-16(11-24-17)14-2-1-8-19-10-14/h1-6,8,10-11,20H,7,9,12H2. The van der Waals surface area contributed by atoms with Crippen LogP contribution in [0.25, 0.3) is 11.3 Å². The van der Waals surface area contributed by atoms with Crippen LogP contribution < -0.4 is 4.72 Å². The smallest absolute Gasteiger partial charge is 0.215 e. The quantitative estimate of drug-likeness (QED) is 0.687. The number of aromatic nitrogens is 2. The van der Waals surface area contributed by atoms with Crippen LogP contribution in [0.5, 0.6) is 0 Å². The molecule has 3 rings (SSSR count). The van der Waals surface area contributed by atoms with Crippen molar-refractivity contribution in [1.82, 2.24) is 14.7 Å². The van der Waals surface area contributed by atoms with Crippen LogP contribution in [-0.2, 0) is 22.2 Å². The number of pyridine rings is 1. The summed E-state index contributed by atoms with van der Waals surface area (Å²) >= 11 is 1.49. The Balaban J connectivity index is 1.54. The number of sulfonamides is 1. The molecule has 0 saturated carbocycles. The third-order valence-corrected chi connectivity index (χ3v) is 5.71. The monoisotopic (exact) mass is 377 g/mol.